The van der Waals surface area contributed by atoms with Crippen molar-refractivity contribution in [2.45, 2.75) is 17.0 Å². The number of aromatic nitrogens is 3. The van der Waals surface area contributed by atoms with E-state index in [0.29, 0.717) is 11.3 Å². The SMILES string of the molecule is Cc1nnc(Sc2ccc(N)cc2C#N)n1C. The molecule has 6 heteroatoms. The van der Waals surface area contributed by atoms with Crippen LogP contribution in [0.3, 0.4) is 0 Å². The second kappa shape index (κ2) is 4.47. The smallest absolute Gasteiger partial charge is 0.195 e. The minimum Gasteiger partial charge on any atom is -0.399 e. The van der Waals surface area contributed by atoms with E-state index in [2.05, 4.69) is 16.3 Å². The summed E-state index contributed by atoms with van der Waals surface area (Å²) < 4.78 is 1.88. The van der Waals surface area contributed by atoms with Gasteiger partial charge in [0.2, 0.25) is 0 Å². The van der Waals surface area contributed by atoms with Gasteiger partial charge in [-0.3, -0.25) is 0 Å². The summed E-state index contributed by atoms with van der Waals surface area (Å²) in [6, 6.07) is 7.38. The van der Waals surface area contributed by atoms with E-state index < -0.39 is 0 Å². The van der Waals surface area contributed by atoms with E-state index in [-0.39, 0.29) is 0 Å². The van der Waals surface area contributed by atoms with Gasteiger partial charge in [0.15, 0.2) is 5.16 Å². The minimum absolute atomic E-state index is 0.552. The molecular weight excluding hydrogens is 234 g/mol. The number of benzene rings is 1. The summed E-state index contributed by atoms with van der Waals surface area (Å²) in [6.07, 6.45) is 0. The molecule has 0 spiro atoms. The van der Waals surface area contributed by atoms with Gasteiger partial charge in [0, 0.05) is 17.6 Å². The molecule has 0 unspecified atom stereocenters. The molecule has 0 bridgehead atoms. The van der Waals surface area contributed by atoms with Gasteiger partial charge in [-0.25, -0.2) is 0 Å². The monoisotopic (exact) mass is 245 g/mol. The molecule has 0 fully saturated rings. The number of nitriles is 1. The van der Waals surface area contributed by atoms with Crippen LogP contribution in [0.4, 0.5) is 5.69 Å². The third-order valence-corrected chi connectivity index (χ3v) is 3.49. The number of nitrogen functional groups attached to an aromatic ring is 1. The van der Waals surface area contributed by atoms with Gasteiger partial charge < -0.3 is 10.3 Å². The Hall–Kier alpha value is -2.00. The lowest BCUT2D eigenvalue weighted by molar-refractivity contribution is 0.765. The molecular formula is C11H11N5S. The first-order valence-corrected chi connectivity index (χ1v) is 5.77. The molecule has 2 N–H and O–H groups in total. The van der Waals surface area contributed by atoms with E-state index in [4.69, 9.17) is 11.0 Å². The number of rotatable bonds is 2. The Morgan fingerprint density at radius 3 is 2.76 bits per heavy atom. The van der Waals surface area contributed by atoms with E-state index >= 15 is 0 Å². The Labute approximate surface area is 103 Å². The molecule has 17 heavy (non-hydrogen) atoms. The average Bonchev–Trinajstić information content (AvgIpc) is 2.63. The van der Waals surface area contributed by atoms with Crippen LogP contribution in [-0.4, -0.2) is 14.8 Å². The van der Waals surface area contributed by atoms with E-state index in [1.807, 2.05) is 24.6 Å². The summed E-state index contributed by atoms with van der Waals surface area (Å²) in [6.45, 7) is 1.88. The quantitative estimate of drug-likeness (QED) is 0.815. The summed E-state index contributed by atoms with van der Waals surface area (Å²) >= 11 is 1.41. The molecule has 2 aromatic rings. The molecule has 0 aliphatic rings. The number of nitrogens with zero attached hydrogens (tertiary/aromatic N) is 4. The second-order valence-corrected chi connectivity index (χ2v) is 4.57. The molecule has 0 aliphatic heterocycles. The molecule has 1 aromatic carbocycles. The number of hydrogen-bond donors (Lipinski definition) is 1. The molecule has 0 atom stereocenters. The van der Waals surface area contributed by atoms with Crippen molar-refractivity contribution >= 4 is 17.4 Å². The van der Waals surface area contributed by atoms with Crippen LogP contribution in [0.25, 0.3) is 0 Å². The van der Waals surface area contributed by atoms with E-state index in [9.17, 15) is 0 Å². The minimum atomic E-state index is 0.552. The van der Waals surface area contributed by atoms with Crippen molar-refractivity contribution in [2.75, 3.05) is 5.73 Å². The van der Waals surface area contributed by atoms with Crippen LogP contribution in [0.15, 0.2) is 28.3 Å². The Morgan fingerprint density at radius 2 is 2.18 bits per heavy atom. The van der Waals surface area contributed by atoms with E-state index in [0.717, 1.165) is 15.9 Å². The lowest BCUT2D eigenvalue weighted by atomic mass is 10.2. The van der Waals surface area contributed by atoms with Crippen molar-refractivity contribution < 1.29 is 0 Å². The average molecular weight is 245 g/mol. The summed E-state index contributed by atoms with van der Waals surface area (Å²) in [4.78, 5) is 0.831. The highest BCUT2D eigenvalue weighted by Crippen LogP contribution is 2.29. The first-order chi connectivity index (χ1) is 8.11. The maximum absolute atomic E-state index is 9.03. The van der Waals surface area contributed by atoms with Crippen molar-refractivity contribution in [1.29, 1.82) is 5.26 Å². The first kappa shape index (κ1) is 11.5. The van der Waals surface area contributed by atoms with Crippen LogP contribution >= 0.6 is 11.8 Å². The zero-order valence-electron chi connectivity index (χ0n) is 9.51. The summed E-state index contributed by atoms with van der Waals surface area (Å²) in [5.74, 6) is 0.835. The highest BCUT2D eigenvalue weighted by molar-refractivity contribution is 7.99. The molecule has 1 aromatic heterocycles. The molecule has 5 nitrogen and oxygen atoms in total. The second-order valence-electron chi connectivity index (χ2n) is 3.56. The summed E-state index contributed by atoms with van der Waals surface area (Å²) in [5, 5.41) is 17.8. The van der Waals surface area contributed by atoms with Crippen LogP contribution in [0.1, 0.15) is 11.4 Å². The maximum Gasteiger partial charge on any atom is 0.195 e. The van der Waals surface area contributed by atoms with Gasteiger partial charge in [-0.2, -0.15) is 5.26 Å². The van der Waals surface area contributed by atoms with Gasteiger partial charge in [-0.05, 0) is 36.9 Å². The van der Waals surface area contributed by atoms with E-state index in [1.54, 1.807) is 12.1 Å². The van der Waals surface area contributed by atoms with Crippen molar-refractivity contribution in [3.8, 4) is 6.07 Å². The van der Waals surface area contributed by atoms with Gasteiger partial charge in [0.25, 0.3) is 0 Å². The summed E-state index contributed by atoms with van der Waals surface area (Å²) in [5.41, 5.74) is 6.77. The fraction of sp³-hybridized carbons (Fsp3) is 0.182. The third-order valence-electron chi connectivity index (χ3n) is 2.38. The van der Waals surface area contributed by atoms with Crippen molar-refractivity contribution in [1.82, 2.24) is 14.8 Å². The number of aryl methyl sites for hydroxylation is 1. The van der Waals surface area contributed by atoms with Crippen LogP contribution in [0, 0.1) is 18.3 Å². The lowest BCUT2D eigenvalue weighted by Gasteiger charge is -2.04. The third kappa shape index (κ3) is 2.24. The van der Waals surface area contributed by atoms with Crippen molar-refractivity contribution in [2.24, 2.45) is 7.05 Å². The van der Waals surface area contributed by atoms with Gasteiger partial charge in [-0.15, -0.1) is 10.2 Å². The summed E-state index contributed by atoms with van der Waals surface area (Å²) in [7, 11) is 1.89. The fourth-order valence-corrected chi connectivity index (χ4v) is 2.20. The number of nitrogens with two attached hydrogens (primary N) is 1. The predicted octanol–water partition coefficient (Wildman–Crippen LogP) is 1.73. The predicted molar refractivity (Wildman–Crippen MR) is 65.4 cm³/mol. The van der Waals surface area contributed by atoms with Gasteiger partial charge in [0.1, 0.15) is 11.9 Å². The zero-order chi connectivity index (χ0) is 12.4. The van der Waals surface area contributed by atoms with Gasteiger partial charge in [-0.1, -0.05) is 0 Å². The standard InChI is InChI=1S/C11H11N5S/c1-7-14-15-11(16(7)2)17-10-4-3-9(13)5-8(10)6-12/h3-5H,13H2,1-2H3. The zero-order valence-corrected chi connectivity index (χ0v) is 10.3. The Balaban J connectivity index is 2.37. The van der Waals surface area contributed by atoms with Crippen LogP contribution < -0.4 is 5.73 Å². The van der Waals surface area contributed by atoms with Crippen LogP contribution in [0.2, 0.25) is 0 Å². The Bertz CT molecular complexity index is 596. The highest BCUT2D eigenvalue weighted by atomic mass is 32.2. The number of hydrogen-bond acceptors (Lipinski definition) is 5. The van der Waals surface area contributed by atoms with Crippen molar-refractivity contribution in [3.05, 3.63) is 29.6 Å². The van der Waals surface area contributed by atoms with Crippen molar-refractivity contribution in [3.63, 3.8) is 0 Å². The number of anilines is 1. The molecule has 0 saturated heterocycles. The van der Waals surface area contributed by atoms with Crippen LogP contribution in [-0.2, 0) is 7.05 Å². The molecule has 86 valence electrons. The molecule has 1 heterocycles. The largest absolute Gasteiger partial charge is 0.399 e. The normalized spacial score (nSPS) is 10.2. The molecule has 0 saturated carbocycles. The van der Waals surface area contributed by atoms with Gasteiger partial charge >= 0.3 is 0 Å². The van der Waals surface area contributed by atoms with Gasteiger partial charge in [0.05, 0.1) is 5.56 Å². The molecule has 2 rings (SSSR count). The Morgan fingerprint density at radius 1 is 1.41 bits per heavy atom. The topological polar surface area (TPSA) is 80.5 Å². The molecule has 0 radical (unpaired) electrons. The van der Waals surface area contributed by atoms with E-state index in [1.165, 1.54) is 11.8 Å². The highest BCUT2D eigenvalue weighted by Gasteiger charge is 2.10. The molecule has 0 amide bonds. The lowest BCUT2D eigenvalue weighted by Crippen LogP contribution is -1.94. The Kier molecular flexibility index (Phi) is 3.02. The van der Waals surface area contributed by atoms with Crippen LogP contribution in [0.5, 0.6) is 0 Å². The maximum atomic E-state index is 9.03. The molecule has 0 aliphatic carbocycles. The first-order valence-electron chi connectivity index (χ1n) is 4.95. The fourth-order valence-electron chi connectivity index (χ4n) is 1.30.